The molecule has 2 N–H and O–H groups in total. The van der Waals surface area contributed by atoms with E-state index in [-0.39, 0.29) is 18.4 Å². The average Bonchev–Trinajstić information content (AvgIpc) is 3.38. The van der Waals surface area contributed by atoms with Gasteiger partial charge in [-0.3, -0.25) is 9.59 Å². The maximum Gasteiger partial charge on any atom is 0.253 e. The zero-order valence-electron chi connectivity index (χ0n) is 17.9. The zero-order chi connectivity index (χ0) is 22.2. The van der Waals surface area contributed by atoms with Crippen LogP contribution in [0.25, 0.3) is 0 Å². The van der Waals surface area contributed by atoms with Crippen LogP contribution in [-0.4, -0.2) is 36.3 Å². The Labute approximate surface area is 188 Å². The second-order valence-corrected chi connectivity index (χ2v) is 7.78. The summed E-state index contributed by atoms with van der Waals surface area (Å²) in [6, 6.07) is 24.5. The standard InChI is InChI=1S/C26H27N3O3/c30-25(18-27-23-10-6-9-21(17-23)26(31)29-15-4-5-16-29)28-22-11-13-24(14-12-22)32-19-20-7-2-1-3-8-20/h1-3,6-14,17,27H,4-5,15-16,18-19H2,(H,28,30). The monoisotopic (exact) mass is 429 g/mol. The Morgan fingerprint density at radius 1 is 0.844 bits per heavy atom. The number of benzene rings is 3. The minimum atomic E-state index is -0.167. The second-order valence-electron chi connectivity index (χ2n) is 7.78. The van der Waals surface area contributed by atoms with Gasteiger partial charge in [-0.2, -0.15) is 0 Å². The van der Waals surface area contributed by atoms with Crippen LogP contribution in [0.15, 0.2) is 78.9 Å². The minimum Gasteiger partial charge on any atom is -0.489 e. The number of nitrogens with zero attached hydrogens (tertiary/aromatic N) is 1. The molecule has 1 saturated heterocycles. The van der Waals surface area contributed by atoms with Crippen LogP contribution in [0.3, 0.4) is 0 Å². The molecule has 164 valence electrons. The summed E-state index contributed by atoms with van der Waals surface area (Å²) in [5, 5.41) is 5.96. The molecule has 6 heteroatoms. The van der Waals surface area contributed by atoms with Gasteiger partial charge in [-0.05, 0) is 60.9 Å². The van der Waals surface area contributed by atoms with Crippen molar-refractivity contribution in [3.05, 3.63) is 90.0 Å². The molecule has 0 bridgehead atoms. The Morgan fingerprint density at radius 2 is 1.59 bits per heavy atom. The van der Waals surface area contributed by atoms with Crippen LogP contribution >= 0.6 is 0 Å². The molecule has 32 heavy (non-hydrogen) atoms. The van der Waals surface area contributed by atoms with Crippen molar-refractivity contribution in [2.45, 2.75) is 19.4 Å². The van der Waals surface area contributed by atoms with Gasteiger partial charge in [0, 0.05) is 30.0 Å². The fourth-order valence-electron chi connectivity index (χ4n) is 3.63. The van der Waals surface area contributed by atoms with Crippen molar-refractivity contribution in [3.8, 4) is 5.75 Å². The van der Waals surface area contributed by atoms with Crippen LogP contribution in [0.2, 0.25) is 0 Å². The third-order valence-electron chi connectivity index (χ3n) is 5.34. The van der Waals surface area contributed by atoms with Gasteiger partial charge in [0.15, 0.2) is 0 Å². The molecule has 1 aliphatic heterocycles. The van der Waals surface area contributed by atoms with Crippen LogP contribution in [0.5, 0.6) is 5.75 Å². The number of ether oxygens (including phenoxy) is 1. The molecular formula is C26H27N3O3. The highest BCUT2D eigenvalue weighted by atomic mass is 16.5. The van der Waals surface area contributed by atoms with Crippen LogP contribution in [-0.2, 0) is 11.4 Å². The summed E-state index contributed by atoms with van der Waals surface area (Å²) >= 11 is 0. The zero-order valence-corrected chi connectivity index (χ0v) is 17.9. The first-order valence-corrected chi connectivity index (χ1v) is 10.9. The van der Waals surface area contributed by atoms with Gasteiger partial charge < -0.3 is 20.3 Å². The average molecular weight is 430 g/mol. The third kappa shape index (κ3) is 5.88. The van der Waals surface area contributed by atoms with E-state index in [9.17, 15) is 9.59 Å². The smallest absolute Gasteiger partial charge is 0.253 e. The van der Waals surface area contributed by atoms with E-state index >= 15 is 0 Å². The first-order chi connectivity index (χ1) is 15.7. The number of hydrogen-bond donors (Lipinski definition) is 2. The number of hydrogen-bond acceptors (Lipinski definition) is 4. The number of nitrogens with one attached hydrogen (secondary N) is 2. The lowest BCUT2D eigenvalue weighted by atomic mass is 10.1. The Morgan fingerprint density at radius 3 is 2.34 bits per heavy atom. The number of carbonyl (C=O) groups is 2. The molecule has 3 aromatic rings. The SMILES string of the molecule is O=C(CNc1cccc(C(=O)N2CCCC2)c1)Nc1ccc(OCc2ccccc2)cc1. The van der Waals surface area contributed by atoms with Crippen LogP contribution < -0.4 is 15.4 Å². The minimum absolute atomic E-state index is 0.0465. The fraction of sp³-hybridized carbons (Fsp3) is 0.231. The van der Waals surface area contributed by atoms with E-state index in [0.29, 0.717) is 17.9 Å². The van der Waals surface area contributed by atoms with Crippen molar-refractivity contribution >= 4 is 23.2 Å². The topological polar surface area (TPSA) is 70.7 Å². The Hall–Kier alpha value is -3.80. The number of anilines is 2. The molecule has 0 spiro atoms. The summed E-state index contributed by atoms with van der Waals surface area (Å²) in [6.07, 6.45) is 2.12. The van der Waals surface area contributed by atoms with Crippen molar-refractivity contribution in [1.29, 1.82) is 0 Å². The van der Waals surface area contributed by atoms with Gasteiger partial charge in [0.05, 0.1) is 6.54 Å². The first-order valence-electron chi connectivity index (χ1n) is 10.9. The van der Waals surface area contributed by atoms with Gasteiger partial charge in [-0.15, -0.1) is 0 Å². The number of likely N-dealkylation sites (tertiary alicyclic amines) is 1. The van der Waals surface area contributed by atoms with E-state index in [0.717, 1.165) is 42.9 Å². The molecule has 0 aliphatic carbocycles. The summed E-state index contributed by atoms with van der Waals surface area (Å²) in [7, 11) is 0. The summed E-state index contributed by atoms with van der Waals surface area (Å²) < 4.78 is 5.77. The van der Waals surface area contributed by atoms with Crippen molar-refractivity contribution in [1.82, 2.24) is 4.90 Å². The van der Waals surface area contributed by atoms with Crippen molar-refractivity contribution in [3.63, 3.8) is 0 Å². The van der Waals surface area contributed by atoms with Crippen molar-refractivity contribution in [2.24, 2.45) is 0 Å². The second kappa shape index (κ2) is 10.5. The molecule has 2 amide bonds. The van der Waals surface area contributed by atoms with E-state index in [1.807, 2.05) is 77.7 Å². The molecule has 0 saturated carbocycles. The highest BCUT2D eigenvalue weighted by molar-refractivity contribution is 5.96. The molecule has 0 aromatic heterocycles. The molecule has 3 aromatic carbocycles. The number of amides is 2. The van der Waals surface area contributed by atoms with E-state index in [1.165, 1.54) is 0 Å². The lowest BCUT2D eigenvalue weighted by molar-refractivity contribution is -0.114. The summed E-state index contributed by atoms with van der Waals surface area (Å²) in [5.41, 5.74) is 3.18. The van der Waals surface area contributed by atoms with Gasteiger partial charge in [0.2, 0.25) is 5.91 Å². The van der Waals surface area contributed by atoms with Gasteiger partial charge in [-0.25, -0.2) is 0 Å². The van der Waals surface area contributed by atoms with Gasteiger partial charge in [0.25, 0.3) is 5.91 Å². The fourth-order valence-corrected chi connectivity index (χ4v) is 3.63. The summed E-state index contributed by atoms with van der Waals surface area (Å²) in [4.78, 5) is 26.7. The highest BCUT2D eigenvalue weighted by Crippen LogP contribution is 2.18. The van der Waals surface area contributed by atoms with Gasteiger partial charge >= 0.3 is 0 Å². The van der Waals surface area contributed by atoms with Crippen molar-refractivity contribution in [2.75, 3.05) is 30.3 Å². The molecule has 1 heterocycles. The molecule has 6 nitrogen and oxygen atoms in total. The molecule has 1 fully saturated rings. The van der Waals surface area contributed by atoms with E-state index in [4.69, 9.17) is 4.74 Å². The van der Waals surface area contributed by atoms with E-state index in [2.05, 4.69) is 10.6 Å². The van der Waals surface area contributed by atoms with Crippen LogP contribution in [0.1, 0.15) is 28.8 Å². The summed E-state index contributed by atoms with van der Waals surface area (Å²) in [6.45, 7) is 2.23. The molecule has 1 aliphatic rings. The number of carbonyl (C=O) groups excluding carboxylic acids is 2. The molecular weight excluding hydrogens is 402 g/mol. The van der Waals surface area contributed by atoms with Crippen LogP contribution in [0, 0.1) is 0 Å². The molecule has 4 rings (SSSR count). The van der Waals surface area contributed by atoms with E-state index < -0.39 is 0 Å². The predicted octanol–water partition coefficient (Wildman–Crippen LogP) is 4.55. The molecule has 0 atom stereocenters. The van der Waals surface area contributed by atoms with Crippen molar-refractivity contribution < 1.29 is 14.3 Å². The third-order valence-corrected chi connectivity index (χ3v) is 5.34. The quantitative estimate of drug-likeness (QED) is 0.551. The molecule has 0 radical (unpaired) electrons. The number of rotatable bonds is 8. The van der Waals surface area contributed by atoms with E-state index in [1.54, 1.807) is 6.07 Å². The lowest BCUT2D eigenvalue weighted by Crippen LogP contribution is -2.27. The maximum absolute atomic E-state index is 12.5. The maximum atomic E-state index is 12.5. The largest absolute Gasteiger partial charge is 0.489 e. The van der Waals surface area contributed by atoms with Gasteiger partial charge in [-0.1, -0.05) is 36.4 Å². The predicted molar refractivity (Wildman–Crippen MR) is 126 cm³/mol. The Balaban J connectivity index is 1.25. The van der Waals surface area contributed by atoms with Gasteiger partial charge in [0.1, 0.15) is 12.4 Å². The molecule has 0 unspecified atom stereocenters. The summed E-state index contributed by atoms with van der Waals surface area (Å²) in [5.74, 6) is 0.619. The lowest BCUT2D eigenvalue weighted by Gasteiger charge is -2.16. The normalized spacial score (nSPS) is 12.9. The first kappa shape index (κ1) is 21.4. The van der Waals surface area contributed by atoms with Crippen LogP contribution in [0.4, 0.5) is 11.4 Å². The Kier molecular flexibility index (Phi) is 7.02. The Bertz CT molecular complexity index is 1050. The highest BCUT2D eigenvalue weighted by Gasteiger charge is 2.19.